The molecule has 2 rings (SSSR count). The van der Waals surface area contributed by atoms with Gasteiger partial charge in [0, 0.05) is 16.6 Å². The van der Waals surface area contributed by atoms with Gasteiger partial charge in [0.25, 0.3) is 0 Å². The summed E-state index contributed by atoms with van der Waals surface area (Å²) in [6, 6.07) is 9.72. The topological polar surface area (TPSA) is 12.0 Å². The summed E-state index contributed by atoms with van der Waals surface area (Å²) in [7, 11) is 0. The van der Waals surface area contributed by atoms with Crippen molar-refractivity contribution in [3.63, 3.8) is 0 Å². The molecule has 2 heteroatoms. The molecule has 1 fully saturated rings. The third-order valence-corrected chi connectivity index (χ3v) is 4.77. The van der Waals surface area contributed by atoms with Crippen LogP contribution < -0.4 is 5.32 Å². The fraction of sp³-hybridized carbons (Fsp3) is 0.625. The number of nitrogens with one attached hydrogen (secondary N) is 1. The molecule has 0 heterocycles. The Balaban J connectivity index is 1.89. The molecule has 0 aromatic heterocycles. The van der Waals surface area contributed by atoms with Crippen molar-refractivity contribution in [1.82, 2.24) is 5.32 Å². The lowest BCUT2D eigenvalue weighted by molar-refractivity contribution is 0.268. The molecule has 1 aliphatic rings. The molecular formula is C16H24BrN. The van der Waals surface area contributed by atoms with Crippen LogP contribution in [0.15, 0.2) is 28.7 Å². The van der Waals surface area contributed by atoms with E-state index in [1.807, 2.05) is 0 Å². The van der Waals surface area contributed by atoms with Crippen LogP contribution >= 0.6 is 15.9 Å². The number of benzene rings is 1. The fourth-order valence-electron chi connectivity index (χ4n) is 3.01. The van der Waals surface area contributed by atoms with Crippen molar-refractivity contribution in [3.8, 4) is 0 Å². The third-order valence-electron chi connectivity index (χ3n) is 4.24. The summed E-state index contributed by atoms with van der Waals surface area (Å²) in [5.74, 6) is 0.872. The lowest BCUT2D eigenvalue weighted by atomic mass is 9.84. The molecule has 1 aromatic rings. The van der Waals surface area contributed by atoms with Crippen molar-refractivity contribution in [1.29, 1.82) is 0 Å². The van der Waals surface area contributed by atoms with Crippen LogP contribution in [0.4, 0.5) is 0 Å². The molecule has 2 atom stereocenters. The first-order valence-corrected chi connectivity index (χ1v) is 7.97. The zero-order valence-electron chi connectivity index (χ0n) is 11.5. The van der Waals surface area contributed by atoms with Gasteiger partial charge in [0.1, 0.15) is 0 Å². The van der Waals surface area contributed by atoms with Crippen LogP contribution in [0.1, 0.15) is 57.6 Å². The van der Waals surface area contributed by atoms with Crippen LogP contribution in [0.25, 0.3) is 0 Å². The van der Waals surface area contributed by atoms with Crippen molar-refractivity contribution < 1.29 is 0 Å². The highest BCUT2D eigenvalue weighted by atomic mass is 79.9. The number of rotatable bonds is 4. The molecule has 1 aromatic carbocycles. The van der Waals surface area contributed by atoms with Crippen LogP contribution in [0.3, 0.4) is 0 Å². The van der Waals surface area contributed by atoms with Gasteiger partial charge in [0.05, 0.1) is 0 Å². The molecule has 1 nitrogen and oxygen atoms in total. The number of halogens is 1. The Morgan fingerprint density at radius 2 is 1.67 bits per heavy atom. The van der Waals surface area contributed by atoms with Gasteiger partial charge in [-0.1, -0.05) is 47.3 Å². The Morgan fingerprint density at radius 3 is 2.28 bits per heavy atom. The van der Waals surface area contributed by atoms with E-state index in [4.69, 9.17) is 0 Å². The molecule has 0 saturated heterocycles. The number of hydrogen-bond acceptors (Lipinski definition) is 1. The van der Waals surface area contributed by atoms with Gasteiger partial charge in [0.2, 0.25) is 0 Å². The normalized spacial score (nSPS) is 20.6. The molecule has 1 unspecified atom stereocenters. The minimum absolute atomic E-state index is 0.440. The van der Waals surface area contributed by atoms with E-state index in [2.05, 4.69) is 59.4 Å². The molecule has 0 spiro atoms. The molecule has 18 heavy (non-hydrogen) atoms. The second-order valence-corrected chi connectivity index (χ2v) is 6.54. The van der Waals surface area contributed by atoms with E-state index in [9.17, 15) is 0 Å². The summed E-state index contributed by atoms with van der Waals surface area (Å²) < 4.78 is 1.15. The van der Waals surface area contributed by atoms with E-state index >= 15 is 0 Å². The molecule has 1 N–H and O–H groups in total. The molecular weight excluding hydrogens is 286 g/mol. The molecule has 0 radical (unpaired) electrons. The standard InChI is InChI=1S/C16H24BrN/c1-12(14-6-4-3-5-7-14)18-13(2)15-8-10-16(17)11-9-15/h8-14,18H,3-7H2,1-2H3/t12-,13?/m1/s1. The quantitative estimate of drug-likeness (QED) is 0.819. The Hall–Kier alpha value is -0.340. The second kappa shape index (κ2) is 6.72. The van der Waals surface area contributed by atoms with Gasteiger partial charge in [-0.25, -0.2) is 0 Å². The molecule has 1 aliphatic carbocycles. The smallest absolute Gasteiger partial charge is 0.0294 e. The van der Waals surface area contributed by atoms with Crippen molar-refractivity contribution in [3.05, 3.63) is 34.3 Å². The van der Waals surface area contributed by atoms with E-state index in [-0.39, 0.29) is 0 Å². The SMILES string of the molecule is CC(N[C@H](C)C1CCCCC1)c1ccc(Br)cc1. The van der Waals surface area contributed by atoms with Crippen LogP contribution in [0.2, 0.25) is 0 Å². The average Bonchev–Trinajstić information content (AvgIpc) is 2.40. The summed E-state index contributed by atoms with van der Waals surface area (Å²) >= 11 is 3.49. The Bertz CT molecular complexity index is 354. The van der Waals surface area contributed by atoms with Gasteiger partial charge in [-0.2, -0.15) is 0 Å². The molecule has 0 amide bonds. The minimum atomic E-state index is 0.440. The minimum Gasteiger partial charge on any atom is -0.307 e. The van der Waals surface area contributed by atoms with E-state index in [1.165, 1.54) is 37.7 Å². The summed E-state index contributed by atoms with van der Waals surface area (Å²) in [5.41, 5.74) is 1.38. The van der Waals surface area contributed by atoms with E-state index in [0.717, 1.165) is 10.4 Å². The van der Waals surface area contributed by atoms with E-state index in [1.54, 1.807) is 0 Å². The summed E-state index contributed by atoms with van der Waals surface area (Å²) in [4.78, 5) is 0. The van der Waals surface area contributed by atoms with Gasteiger partial charge in [-0.3, -0.25) is 0 Å². The Morgan fingerprint density at radius 1 is 1.06 bits per heavy atom. The van der Waals surface area contributed by atoms with Gasteiger partial charge in [0.15, 0.2) is 0 Å². The largest absolute Gasteiger partial charge is 0.307 e. The molecule has 0 aliphatic heterocycles. The summed E-state index contributed by atoms with van der Waals surface area (Å²) in [6.45, 7) is 4.62. The zero-order chi connectivity index (χ0) is 13.0. The van der Waals surface area contributed by atoms with Gasteiger partial charge in [-0.05, 0) is 50.3 Å². The van der Waals surface area contributed by atoms with E-state index in [0.29, 0.717) is 12.1 Å². The highest BCUT2D eigenvalue weighted by Crippen LogP contribution is 2.27. The first-order valence-electron chi connectivity index (χ1n) is 7.18. The van der Waals surface area contributed by atoms with Gasteiger partial charge in [-0.15, -0.1) is 0 Å². The maximum Gasteiger partial charge on any atom is 0.0294 e. The monoisotopic (exact) mass is 309 g/mol. The van der Waals surface area contributed by atoms with Crippen molar-refractivity contribution in [2.45, 2.75) is 58.0 Å². The predicted octanol–water partition coefficient (Wildman–Crippen LogP) is 5.07. The van der Waals surface area contributed by atoms with Crippen LogP contribution in [0, 0.1) is 5.92 Å². The molecule has 1 saturated carbocycles. The van der Waals surface area contributed by atoms with Crippen LogP contribution in [-0.2, 0) is 0 Å². The molecule has 0 bridgehead atoms. The maximum absolute atomic E-state index is 3.77. The second-order valence-electron chi connectivity index (χ2n) is 5.63. The highest BCUT2D eigenvalue weighted by Gasteiger charge is 2.21. The summed E-state index contributed by atoms with van der Waals surface area (Å²) in [6.07, 6.45) is 7.08. The van der Waals surface area contributed by atoms with Gasteiger partial charge >= 0.3 is 0 Å². The van der Waals surface area contributed by atoms with E-state index < -0.39 is 0 Å². The van der Waals surface area contributed by atoms with Crippen molar-refractivity contribution in [2.75, 3.05) is 0 Å². The third kappa shape index (κ3) is 3.83. The maximum atomic E-state index is 3.77. The first kappa shape index (κ1) is 14.1. The predicted molar refractivity (Wildman–Crippen MR) is 81.7 cm³/mol. The summed E-state index contributed by atoms with van der Waals surface area (Å²) in [5, 5.41) is 3.77. The Kier molecular flexibility index (Phi) is 5.25. The zero-order valence-corrected chi connectivity index (χ0v) is 13.0. The molecule has 100 valence electrons. The van der Waals surface area contributed by atoms with Crippen molar-refractivity contribution >= 4 is 15.9 Å². The first-order chi connectivity index (χ1) is 8.66. The number of hydrogen-bond donors (Lipinski definition) is 1. The average molecular weight is 310 g/mol. The lowest BCUT2D eigenvalue weighted by Gasteiger charge is -2.30. The van der Waals surface area contributed by atoms with Gasteiger partial charge < -0.3 is 5.32 Å². The Labute approximate surface area is 119 Å². The fourth-order valence-corrected chi connectivity index (χ4v) is 3.28. The van der Waals surface area contributed by atoms with Crippen molar-refractivity contribution in [2.24, 2.45) is 5.92 Å². The van der Waals surface area contributed by atoms with Crippen LogP contribution in [0.5, 0.6) is 0 Å². The lowest BCUT2D eigenvalue weighted by Crippen LogP contribution is -2.36. The highest BCUT2D eigenvalue weighted by molar-refractivity contribution is 9.10. The van der Waals surface area contributed by atoms with Crippen LogP contribution in [-0.4, -0.2) is 6.04 Å².